The van der Waals surface area contributed by atoms with Crippen molar-refractivity contribution in [3.05, 3.63) is 91.9 Å². The van der Waals surface area contributed by atoms with Crippen LogP contribution in [0.1, 0.15) is 28.4 Å². The number of ether oxygens (including phenoxy) is 1. The van der Waals surface area contributed by atoms with E-state index in [0.29, 0.717) is 26.9 Å². The predicted molar refractivity (Wildman–Crippen MR) is 127 cm³/mol. The van der Waals surface area contributed by atoms with E-state index in [4.69, 9.17) is 4.74 Å². The van der Waals surface area contributed by atoms with Crippen molar-refractivity contribution in [1.29, 1.82) is 0 Å². The molecule has 0 aromatic heterocycles. The molecule has 0 saturated carbocycles. The summed E-state index contributed by atoms with van der Waals surface area (Å²) in [6.07, 6.45) is 1.45. The van der Waals surface area contributed by atoms with Crippen LogP contribution in [-0.2, 0) is 5.66 Å². The highest BCUT2D eigenvalue weighted by atomic mass is 79.9. The average molecular weight is 511 g/mol. The lowest BCUT2D eigenvalue weighted by molar-refractivity contribution is -0.385. The van der Waals surface area contributed by atoms with Gasteiger partial charge in [-0.1, -0.05) is 24.3 Å². The molecule has 0 aliphatic carbocycles. The van der Waals surface area contributed by atoms with Gasteiger partial charge in [0.25, 0.3) is 11.6 Å². The lowest BCUT2D eigenvalue weighted by Gasteiger charge is -2.43. The topological polar surface area (TPSA) is 117 Å². The monoisotopic (exact) mass is 510 g/mol. The third-order valence-corrected chi connectivity index (χ3v) is 5.97. The SMILES string of the molecule is COc1cc(/C=N\N2C(=O)c3ccccc3N[C@]2(C)c2cccc([N+](=O)[O-])c2)cc(Br)c1O. The van der Waals surface area contributed by atoms with Crippen LogP contribution in [0.4, 0.5) is 11.4 Å². The number of nitro benzene ring substituents is 1. The molecule has 4 rings (SSSR count). The van der Waals surface area contributed by atoms with Crippen LogP contribution in [0.5, 0.6) is 11.5 Å². The Morgan fingerprint density at radius 2 is 1.97 bits per heavy atom. The van der Waals surface area contributed by atoms with Crippen LogP contribution >= 0.6 is 15.9 Å². The number of hydrazone groups is 1. The van der Waals surface area contributed by atoms with E-state index < -0.39 is 10.6 Å². The van der Waals surface area contributed by atoms with Crippen molar-refractivity contribution in [2.75, 3.05) is 12.4 Å². The molecule has 168 valence electrons. The van der Waals surface area contributed by atoms with Crippen LogP contribution in [0, 0.1) is 10.1 Å². The standard InChI is InChI=1S/C23H19BrN4O5/c1-23(15-6-5-7-16(12-15)28(31)32)26-19-9-4-3-8-17(19)22(30)27(23)25-13-14-10-18(24)21(29)20(11-14)33-2/h3-13,26,29H,1-2H3/b25-13-/t23-/m0/s1. The van der Waals surface area contributed by atoms with Crippen LogP contribution < -0.4 is 10.1 Å². The van der Waals surface area contributed by atoms with Gasteiger partial charge in [-0.25, -0.2) is 0 Å². The number of methoxy groups -OCH3 is 1. The van der Waals surface area contributed by atoms with Crippen LogP contribution in [0.3, 0.4) is 0 Å². The second kappa shape index (κ2) is 8.55. The number of phenols is 1. The van der Waals surface area contributed by atoms with Crippen molar-refractivity contribution in [1.82, 2.24) is 5.01 Å². The summed E-state index contributed by atoms with van der Waals surface area (Å²) in [4.78, 5) is 24.3. The number of benzene rings is 3. The fraction of sp³-hybridized carbons (Fsp3) is 0.130. The first-order valence-corrected chi connectivity index (χ1v) is 10.6. The predicted octanol–water partition coefficient (Wildman–Crippen LogP) is 4.85. The van der Waals surface area contributed by atoms with Gasteiger partial charge in [-0.05, 0) is 52.7 Å². The zero-order valence-electron chi connectivity index (χ0n) is 17.7. The van der Waals surface area contributed by atoms with Gasteiger partial charge in [-0.15, -0.1) is 0 Å². The molecule has 0 radical (unpaired) electrons. The minimum atomic E-state index is -1.22. The Balaban J connectivity index is 1.83. The molecule has 1 aliphatic heterocycles. The molecule has 33 heavy (non-hydrogen) atoms. The summed E-state index contributed by atoms with van der Waals surface area (Å²) in [5.74, 6) is -0.194. The minimum absolute atomic E-state index is 0.0549. The fourth-order valence-corrected chi connectivity index (χ4v) is 4.10. The van der Waals surface area contributed by atoms with E-state index in [1.807, 2.05) is 0 Å². The number of halogens is 1. The zero-order valence-corrected chi connectivity index (χ0v) is 19.2. The van der Waals surface area contributed by atoms with E-state index >= 15 is 0 Å². The van der Waals surface area contributed by atoms with E-state index in [1.165, 1.54) is 30.5 Å². The largest absolute Gasteiger partial charge is 0.503 e. The normalized spacial score (nSPS) is 17.5. The lowest BCUT2D eigenvalue weighted by atomic mass is 9.95. The Morgan fingerprint density at radius 1 is 1.21 bits per heavy atom. The number of amides is 1. The number of nitro groups is 1. The molecule has 0 bridgehead atoms. The highest BCUT2D eigenvalue weighted by Gasteiger charge is 2.43. The van der Waals surface area contributed by atoms with E-state index in [1.54, 1.807) is 55.5 Å². The number of hydrogen-bond acceptors (Lipinski definition) is 7. The molecule has 0 saturated heterocycles. The van der Waals surface area contributed by atoms with Gasteiger partial charge in [0.2, 0.25) is 0 Å². The Morgan fingerprint density at radius 3 is 2.70 bits per heavy atom. The summed E-state index contributed by atoms with van der Waals surface area (Å²) < 4.78 is 5.57. The molecule has 0 spiro atoms. The number of nitrogens with one attached hydrogen (secondary N) is 1. The van der Waals surface area contributed by atoms with Gasteiger partial charge in [0.05, 0.1) is 28.3 Å². The van der Waals surface area contributed by atoms with Gasteiger partial charge in [-0.2, -0.15) is 10.1 Å². The number of hydrogen-bond donors (Lipinski definition) is 2. The number of non-ortho nitro benzene ring substituents is 1. The Kier molecular flexibility index (Phi) is 5.77. The minimum Gasteiger partial charge on any atom is -0.503 e. The first-order valence-electron chi connectivity index (χ1n) is 9.82. The lowest BCUT2D eigenvalue weighted by Crippen LogP contribution is -2.53. The Bertz CT molecular complexity index is 1300. The van der Waals surface area contributed by atoms with Crippen LogP contribution in [0.2, 0.25) is 0 Å². The Hall–Kier alpha value is -3.92. The quantitative estimate of drug-likeness (QED) is 0.288. The number of nitrogens with zero attached hydrogens (tertiary/aromatic N) is 3. The van der Waals surface area contributed by atoms with Gasteiger partial charge in [0, 0.05) is 23.4 Å². The molecule has 0 fully saturated rings. The van der Waals surface area contributed by atoms with Crippen molar-refractivity contribution >= 4 is 39.4 Å². The summed E-state index contributed by atoms with van der Waals surface area (Å²) in [5.41, 5.74) is 0.745. The van der Waals surface area contributed by atoms with E-state index in [2.05, 4.69) is 26.3 Å². The Labute approximate surface area is 197 Å². The molecule has 1 amide bonds. The smallest absolute Gasteiger partial charge is 0.278 e. The molecule has 10 heteroatoms. The maximum atomic E-state index is 13.5. The number of phenolic OH excluding ortho intramolecular Hbond substituents is 1. The average Bonchev–Trinajstić information content (AvgIpc) is 2.81. The van der Waals surface area contributed by atoms with E-state index in [9.17, 15) is 20.0 Å². The van der Waals surface area contributed by atoms with Crippen molar-refractivity contribution < 1.29 is 19.6 Å². The number of aromatic hydroxyl groups is 1. The van der Waals surface area contributed by atoms with Crippen LogP contribution in [0.25, 0.3) is 0 Å². The van der Waals surface area contributed by atoms with Crippen molar-refractivity contribution in [3.8, 4) is 11.5 Å². The molecule has 3 aromatic rings. The van der Waals surface area contributed by atoms with Crippen LogP contribution in [-0.4, -0.2) is 34.3 Å². The first kappa shape index (κ1) is 22.3. The van der Waals surface area contributed by atoms with Gasteiger partial charge >= 0.3 is 0 Å². The molecule has 0 unspecified atom stereocenters. The molecule has 3 aromatic carbocycles. The third kappa shape index (κ3) is 4.00. The number of anilines is 1. The van der Waals surface area contributed by atoms with Crippen molar-refractivity contribution in [3.63, 3.8) is 0 Å². The van der Waals surface area contributed by atoms with Gasteiger partial charge < -0.3 is 15.2 Å². The molecule has 2 N–H and O–H groups in total. The van der Waals surface area contributed by atoms with Gasteiger partial charge in [-0.3, -0.25) is 14.9 Å². The van der Waals surface area contributed by atoms with Crippen molar-refractivity contribution in [2.45, 2.75) is 12.6 Å². The number of carbonyl (C=O) groups is 1. The summed E-state index contributed by atoms with van der Waals surface area (Å²) in [5, 5.41) is 30.4. The molecule has 9 nitrogen and oxygen atoms in total. The second-order valence-corrected chi connectivity index (χ2v) is 8.32. The van der Waals surface area contributed by atoms with E-state index in [-0.39, 0.29) is 23.1 Å². The highest BCUT2D eigenvalue weighted by molar-refractivity contribution is 9.10. The summed E-state index contributed by atoms with van der Waals surface area (Å²) >= 11 is 3.27. The third-order valence-electron chi connectivity index (χ3n) is 5.36. The number of para-hydroxylation sites is 1. The molecular formula is C23H19BrN4O5. The summed E-state index contributed by atoms with van der Waals surface area (Å²) in [6, 6.07) is 16.3. The maximum absolute atomic E-state index is 13.5. The maximum Gasteiger partial charge on any atom is 0.278 e. The highest BCUT2D eigenvalue weighted by Crippen LogP contribution is 2.39. The summed E-state index contributed by atoms with van der Waals surface area (Å²) in [7, 11) is 1.43. The van der Waals surface area contributed by atoms with Gasteiger partial charge in [0.15, 0.2) is 17.2 Å². The van der Waals surface area contributed by atoms with Gasteiger partial charge in [0.1, 0.15) is 0 Å². The summed E-state index contributed by atoms with van der Waals surface area (Å²) in [6.45, 7) is 1.73. The number of fused-ring (bicyclic) bond motifs is 1. The number of rotatable bonds is 5. The first-order chi connectivity index (χ1) is 15.7. The van der Waals surface area contributed by atoms with Crippen molar-refractivity contribution in [2.24, 2.45) is 5.10 Å². The molecule has 1 aliphatic rings. The fourth-order valence-electron chi connectivity index (χ4n) is 3.64. The number of carbonyl (C=O) groups excluding carboxylic acids is 1. The molecule has 1 heterocycles. The second-order valence-electron chi connectivity index (χ2n) is 7.47. The molecular weight excluding hydrogens is 492 g/mol. The van der Waals surface area contributed by atoms with E-state index in [0.717, 1.165) is 0 Å². The zero-order chi connectivity index (χ0) is 23.8. The van der Waals surface area contributed by atoms with Crippen LogP contribution in [0.15, 0.2) is 70.2 Å². The molecule has 1 atom stereocenters.